The van der Waals surface area contributed by atoms with E-state index in [-0.39, 0.29) is 30.8 Å². The first-order chi connectivity index (χ1) is 8.08. The van der Waals surface area contributed by atoms with Crippen molar-refractivity contribution in [2.75, 3.05) is 32.1 Å². The Labute approximate surface area is 98.7 Å². The van der Waals surface area contributed by atoms with Crippen LogP contribution in [0.2, 0.25) is 0 Å². The number of amides is 1. The second-order valence-corrected chi connectivity index (χ2v) is 3.27. The summed E-state index contributed by atoms with van der Waals surface area (Å²) in [6.45, 7) is 2.07. The monoisotopic (exact) mass is 241 g/mol. The average molecular weight is 241 g/mol. The second kappa shape index (κ2) is 5.88. The fourth-order valence-electron chi connectivity index (χ4n) is 1.10. The van der Waals surface area contributed by atoms with Crippen molar-refractivity contribution in [2.45, 2.75) is 6.92 Å². The van der Waals surface area contributed by atoms with Crippen molar-refractivity contribution < 1.29 is 18.7 Å². The molecule has 1 heterocycles. The third kappa shape index (κ3) is 3.47. The van der Waals surface area contributed by atoms with Crippen molar-refractivity contribution in [3.63, 3.8) is 0 Å². The Kier molecular flexibility index (Phi) is 4.50. The minimum Gasteiger partial charge on any atom is -0.461 e. The highest BCUT2D eigenvalue weighted by molar-refractivity contribution is 5.87. The molecule has 0 spiro atoms. The van der Waals surface area contributed by atoms with Crippen molar-refractivity contribution in [2.24, 2.45) is 0 Å². The van der Waals surface area contributed by atoms with Gasteiger partial charge in [0.2, 0.25) is 5.91 Å². The molecule has 94 valence electrons. The average Bonchev–Trinajstić information content (AvgIpc) is 2.78. The summed E-state index contributed by atoms with van der Waals surface area (Å²) >= 11 is 0. The van der Waals surface area contributed by atoms with E-state index in [0.29, 0.717) is 0 Å². The van der Waals surface area contributed by atoms with Crippen LogP contribution in [0.5, 0.6) is 0 Å². The fraction of sp³-hybridized carbons (Fsp3) is 0.500. The van der Waals surface area contributed by atoms with Gasteiger partial charge in [0, 0.05) is 14.1 Å². The molecule has 0 radical (unpaired) electrons. The largest absolute Gasteiger partial charge is 0.461 e. The summed E-state index contributed by atoms with van der Waals surface area (Å²) in [6.07, 6.45) is 1.20. The van der Waals surface area contributed by atoms with Crippen molar-refractivity contribution >= 4 is 17.9 Å². The van der Waals surface area contributed by atoms with Crippen LogP contribution < -0.4 is 10.2 Å². The number of aromatic nitrogens is 1. The standard InChI is InChI=1S/C10H15N3O4/c1-4-16-9(15)7-6-17-10(12-7)13(3)5-8(14)11-2/h6H,4-5H2,1-3H3,(H,11,14). The van der Waals surface area contributed by atoms with E-state index < -0.39 is 5.97 Å². The minimum atomic E-state index is -0.546. The maximum atomic E-state index is 11.3. The van der Waals surface area contributed by atoms with Crippen molar-refractivity contribution in [1.29, 1.82) is 0 Å². The maximum Gasteiger partial charge on any atom is 0.360 e. The highest BCUT2D eigenvalue weighted by Gasteiger charge is 2.16. The molecule has 0 aromatic carbocycles. The molecule has 0 bridgehead atoms. The highest BCUT2D eigenvalue weighted by Crippen LogP contribution is 2.12. The Balaban J connectivity index is 2.67. The number of hydrogen-bond acceptors (Lipinski definition) is 6. The van der Waals surface area contributed by atoms with Gasteiger partial charge in [-0.25, -0.2) is 4.79 Å². The van der Waals surface area contributed by atoms with Crippen molar-refractivity contribution in [3.8, 4) is 0 Å². The Hall–Kier alpha value is -2.05. The van der Waals surface area contributed by atoms with Crippen LogP contribution in [-0.4, -0.2) is 44.1 Å². The molecule has 17 heavy (non-hydrogen) atoms. The molecule has 0 aliphatic heterocycles. The van der Waals surface area contributed by atoms with E-state index in [2.05, 4.69) is 10.3 Å². The molecule has 0 atom stereocenters. The summed E-state index contributed by atoms with van der Waals surface area (Å²) in [5, 5.41) is 2.47. The van der Waals surface area contributed by atoms with Gasteiger partial charge >= 0.3 is 5.97 Å². The quantitative estimate of drug-likeness (QED) is 0.732. The summed E-state index contributed by atoms with van der Waals surface area (Å²) in [4.78, 5) is 27.8. The van der Waals surface area contributed by atoms with Gasteiger partial charge in [-0.1, -0.05) is 0 Å². The van der Waals surface area contributed by atoms with Crippen LogP contribution in [0.4, 0.5) is 6.01 Å². The lowest BCUT2D eigenvalue weighted by molar-refractivity contribution is -0.119. The van der Waals surface area contributed by atoms with Gasteiger partial charge < -0.3 is 19.4 Å². The van der Waals surface area contributed by atoms with E-state index in [1.807, 2.05) is 0 Å². The summed E-state index contributed by atoms with van der Waals surface area (Å²) in [5.74, 6) is -0.723. The van der Waals surface area contributed by atoms with Crippen LogP contribution in [0.15, 0.2) is 10.7 Å². The molecule has 1 rings (SSSR count). The molecule has 0 aliphatic carbocycles. The first-order valence-corrected chi connectivity index (χ1v) is 5.12. The summed E-state index contributed by atoms with van der Waals surface area (Å²) in [6, 6.07) is 0.191. The van der Waals surface area contributed by atoms with Gasteiger partial charge in [-0.05, 0) is 6.92 Å². The normalized spacial score (nSPS) is 9.82. The first kappa shape index (κ1) is 13.0. The summed E-state index contributed by atoms with van der Waals surface area (Å²) < 4.78 is 9.84. The number of ether oxygens (including phenoxy) is 1. The molecule has 0 unspecified atom stereocenters. The Morgan fingerprint density at radius 3 is 2.88 bits per heavy atom. The lowest BCUT2D eigenvalue weighted by Crippen LogP contribution is -2.33. The number of likely N-dealkylation sites (N-methyl/N-ethyl adjacent to an activating group) is 2. The van der Waals surface area contributed by atoms with E-state index in [1.165, 1.54) is 18.2 Å². The number of hydrogen-bond donors (Lipinski definition) is 1. The van der Waals surface area contributed by atoms with E-state index in [9.17, 15) is 9.59 Å². The van der Waals surface area contributed by atoms with Crippen LogP contribution in [-0.2, 0) is 9.53 Å². The summed E-state index contributed by atoms with van der Waals surface area (Å²) in [5.41, 5.74) is 0.0885. The Morgan fingerprint density at radius 2 is 2.29 bits per heavy atom. The zero-order valence-electron chi connectivity index (χ0n) is 10.0. The Morgan fingerprint density at radius 1 is 1.59 bits per heavy atom. The number of rotatable bonds is 5. The van der Waals surface area contributed by atoms with Crippen LogP contribution >= 0.6 is 0 Å². The molecule has 1 aromatic rings. The lowest BCUT2D eigenvalue weighted by Gasteiger charge is -2.12. The molecule has 7 heteroatoms. The molecular weight excluding hydrogens is 226 g/mol. The van der Waals surface area contributed by atoms with Crippen LogP contribution in [0.25, 0.3) is 0 Å². The van der Waals surface area contributed by atoms with E-state index >= 15 is 0 Å². The second-order valence-electron chi connectivity index (χ2n) is 3.27. The summed E-state index contributed by atoms with van der Waals surface area (Å²) in [7, 11) is 3.17. The smallest absolute Gasteiger partial charge is 0.360 e. The zero-order chi connectivity index (χ0) is 12.8. The number of esters is 1. The van der Waals surface area contributed by atoms with Crippen LogP contribution in [0, 0.1) is 0 Å². The van der Waals surface area contributed by atoms with Gasteiger partial charge in [-0.15, -0.1) is 0 Å². The number of nitrogens with zero attached hydrogens (tertiary/aromatic N) is 2. The SMILES string of the molecule is CCOC(=O)c1coc(N(C)CC(=O)NC)n1. The van der Waals surface area contributed by atoms with Crippen molar-refractivity contribution in [1.82, 2.24) is 10.3 Å². The topological polar surface area (TPSA) is 84.7 Å². The van der Waals surface area contributed by atoms with Gasteiger partial charge in [0.15, 0.2) is 5.69 Å². The molecule has 0 saturated carbocycles. The van der Waals surface area contributed by atoms with E-state index in [4.69, 9.17) is 9.15 Å². The minimum absolute atomic E-state index is 0.0885. The van der Waals surface area contributed by atoms with Crippen LogP contribution in [0.3, 0.4) is 0 Å². The van der Waals surface area contributed by atoms with Gasteiger partial charge in [0.1, 0.15) is 12.8 Å². The predicted octanol–water partition coefficient (Wildman–Crippen LogP) is 0.0335. The number of carbonyl (C=O) groups is 2. The van der Waals surface area contributed by atoms with Gasteiger partial charge in [0.05, 0.1) is 6.61 Å². The number of nitrogens with one attached hydrogen (secondary N) is 1. The molecule has 1 N–H and O–H groups in total. The molecule has 0 aliphatic rings. The van der Waals surface area contributed by atoms with Gasteiger partial charge in [-0.3, -0.25) is 4.79 Å². The molecule has 1 aromatic heterocycles. The zero-order valence-corrected chi connectivity index (χ0v) is 10.0. The molecule has 7 nitrogen and oxygen atoms in total. The van der Waals surface area contributed by atoms with Crippen molar-refractivity contribution in [3.05, 3.63) is 12.0 Å². The van der Waals surface area contributed by atoms with Gasteiger partial charge in [0.25, 0.3) is 6.01 Å². The van der Waals surface area contributed by atoms with E-state index in [1.54, 1.807) is 14.0 Å². The third-order valence-electron chi connectivity index (χ3n) is 1.96. The number of oxazole rings is 1. The molecule has 1 amide bonds. The lowest BCUT2D eigenvalue weighted by atomic mass is 10.5. The predicted molar refractivity (Wildman–Crippen MR) is 59.8 cm³/mol. The highest BCUT2D eigenvalue weighted by atomic mass is 16.5. The first-order valence-electron chi connectivity index (χ1n) is 5.12. The maximum absolute atomic E-state index is 11.3. The van der Waals surface area contributed by atoms with E-state index in [0.717, 1.165) is 0 Å². The fourth-order valence-corrected chi connectivity index (χ4v) is 1.10. The number of carbonyl (C=O) groups excluding carboxylic acids is 2. The molecule has 0 fully saturated rings. The molecular formula is C10H15N3O4. The Bertz CT molecular complexity index is 402. The molecule has 0 saturated heterocycles. The van der Waals surface area contributed by atoms with Crippen LogP contribution in [0.1, 0.15) is 17.4 Å². The third-order valence-corrected chi connectivity index (χ3v) is 1.96. The van der Waals surface area contributed by atoms with Gasteiger partial charge in [-0.2, -0.15) is 4.98 Å². The number of anilines is 1.